The summed E-state index contributed by atoms with van der Waals surface area (Å²) in [6, 6.07) is 17.6. The highest BCUT2D eigenvalue weighted by molar-refractivity contribution is 6.30. The Hall–Kier alpha value is -4.22. The zero-order valence-electron chi connectivity index (χ0n) is 16.4. The first-order valence-corrected chi connectivity index (χ1v) is 9.58. The molecule has 0 radical (unpaired) electrons. The maximum atomic E-state index is 13.0. The number of nitrogens with one attached hydrogen (secondary N) is 1. The summed E-state index contributed by atoms with van der Waals surface area (Å²) < 4.78 is 18.8. The van der Waals surface area contributed by atoms with Gasteiger partial charge in [0.25, 0.3) is 11.6 Å². The van der Waals surface area contributed by atoms with Crippen molar-refractivity contribution in [1.29, 1.82) is 5.26 Å². The lowest BCUT2D eigenvalue weighted by atomic mass is 10.1. The van der Waals surface area contributed by atoms with Gasteiger partial charge in [0.1, 0.15) is 29.8 Å². The zero-order valence-corrected chi connectivity index (χ0v) is 17.2. The molecule has 3 aromatic carbocycles. The Labute approximate surface area is 187 Å². The van der Waals surface area contributed by atoms with Crippen molar-refractivity contribution in [3.8, 4) is 11.8 Å². The highest BCUT2D eigenvalue weighted by Gasteiger charge is 2.13. The topological polar surface area (TPSA) is 105 Å². The first-order valence-electron chi connectivity index (χ1n) is 9.20. The quantitative estimate of drug-likeness (QED) is 0.220. The molecule has 0 aliphatic carbocycles. The molecule has 0 spiro atoms. The Morgan fingerprint density at radius 1 is 1.19 bits per heavy atom. The van der Waals surface area contributed by atoms with Crippen LogP contribution in [0.5, 0.6) is 5.75 Å². The van der Waals surface area contributed by atoms with Crippen LogP contribution in [0.15, 0.2) is 72.3 Å². The summed E-state index contributed by atoms with van der Waals surface area (Å²) in [5.41, 5.74) is 0.974. The summed E-state index contributed by atoms with van der Waals surface area (Å²) in [6.07, 6.45) is 1.31. The summed E-state index contributed by atoms with van der Waals surface area (Å²) in [7, 11) is 0. The molecule has 0 saturated heterocycles. The molecule has 0 atom stereocenters. The second kappa shape index (κ2) is 10.2. The third-order valence-corrected chi connectivity index (χ3v) is 4.49. The minimum absolute atomic E-state index is 0.0216. The molecule has 9 heteroatoms. The molecule has 3 aromatic rings. The molecule has 0 heterocycles. The number of nitrogens with zero attached hydrogens (tertiary/aromatic N) is 2. The lowest BCUT2D eigenvalue weighted by Crippen LogP contribution is -2.13. The van der Waals surface area contributed by atoms with Crippen LogP contribution in [0.25, 0.3) is 6.08 Å². The number of nitro benzene ring substituents is 1. The number of nitro groups is 1. The van der Waals surface area contributed by atoms with Crippen molar-refractivity contribution in [1.82, 2.24) is 0 Å². The normalized spacial score (nSPS) is 10.8. The van der Waals surface area contributed by atoms with Crippen LogP contribution in [0.3, 0.4) is 0 Å². The van der Waals surface area contributed by atoms with Crippen molar-refractivity contribution in [2.75, 3.05) is 5.32 Å². The molecule has 0 aliphatic rings. The van der Waals surface area contributed by atoms with Crippen LogP contribution in [-0.2, 0) is 11.4 Å². The van der Waals surface area contributed by atoms with E-state index in [0.717, 1.165) is 0 Å². The molecule has 160 valence electrons. The van der Waals surface area contributed by atoms with E-state index in [1.54, 1.807) is 24.3 Å². The van der Waals surface area contributed by atoms with Crippen LogP contribution in [0.2, 0.25) is 5.02 Å². The summed E-state index contributed by atoms with van der Waals surface area (Å²) >= 11 is 6.06. The van der Waals surface area contributed by atoms with Gasteiger partial charge < -0.3 is 10.1 Å². The zero-order chi connectivity index (χ0) is 23.1. The standard InChI is InChI=1S/C23H15ClFN3O4/c24-18-4-9-22(32-14-15-2-1-3-21(10-15)28(30)31)16(12-18)11-17(13-26)23(29)27-20-7-5-19(25)6-8-20/h1-12H,14H2,(H,27,29)/b17-11+. The molecule has 1 amide bonds. The van der Waals surface area contributed by atoms with Crippen molar-refractivity contribution in [3.63, 3.8) is 0 Å². The second-order valence-corrected chi connectivity index (χ2v) is 6.97. The fraction of sp³-hybridized carbons (Fsp3) is 0.0435. The Bertz CT molecular complexity index is 1240. The van der Waals surface area contributed by atoms with Gasteiger partial charge in [-0.25, -0.2) is 4.39 Å². The van der Waals surface area contributed by atoms with Crippen LogP contribution in [0.1, 0.15) is 11.1 Å². The number of rotatable bonds is 7. The van der Waals surface area contributed by atoms with Gasteiger partial charge in [-0.15, -0.1) is 0 Å². The van der Waals surface area contributed by atoms with E-state index in [4.69, 9.17) is 16.3 Å². The van der Waals surface area contributed by atoms with Crippen LogP contribution in [0.4, 0.5) is 15.8 Å². The van der Waals surface area contributed by atoms with E-state index in [-0.39, 0.29) is 17.9 Å². The van der Waals surface area contributed by atoms with Crippen LogP contribution in [0, 0.1) is 27.3 Å². The smallest absolute Gasteiger partial charge is 0.269 e. The Kier molecular flexibility index (Phi) is 7.16. The number of ether oxygens (including phenoxy) is 1. The molecule has 7 nitrogen and oxygen atoms in total. The maximum Gasteiger partial charge on any atom is 0.269 e. The van der Waals surface area contributed by atoms with E-state index in [1.807, 2.05) is 6.07 Å². The average molecular weight is 452 g/mol. The summed E-state index contributed by atoms with van der Waals surface area (Å²) in [5, 5.41) is 23.3. The molecule has 3 rings (SSSR count). The molecule has 1 N–H and O–H groups in total. The van der Waals surface area contributed by atoms with Gasteiger partial charge in [-0.3, -0.25) is 14.9 Å². The molecule has 0 unspecified atom stereocenters. The van der Waals surface area contributed by atoms with E-state index < -0.39 is 16.6 Å². The summed E-state index contributed by atoms with van der Waals surface area (Å²) in [6.45, 7) is 0.0216. The Balaban J connectivity index is 1.82. The SMILES string of the molecule is N#C/C(=C\c1cc(Cl)ccc1OCc1cccc([N+](=O)[O-])c1)C(=O)Nc1ccc(F)cc1. The van der Waals surface area contributed by atoms with E-state index >= 15 is 0 Å². The van der Waals surface area contributed by atoms with Crippen molar-refractivity contribution >= 4 is 35.0 Å². The van der Waals surface area contributed by atoms with Gasteiger partial charge in [-0.2, -0.15) is 5.26 Å². The van der Waals surface area contributed by atoms with E-state index in [2.05, 4.69) is 5.32 Å². The monoisotopic (exact) mass is 451 g/mol. The number of carbonyl (C=O) groups is 1. The van der Waals surface area contributed by atoms with Crippen molar-refractivity contribution in [2.45, 2.75) is 6.61 Å². The minimum Gasteiger partial charge on any atom is -0.488 e. The van der Waals surface area contributed by atoms with Crippen LogP contribution >= 0.6 is 11.6 Å². The molecular weight excluding hydrogens is 437 g/mol. The third-order valence-electron chi connectivity index (χ3n) is 4.25. The second-order valence-electron chi connectivity index (χ2n) is 6.53. The first kappa shape index (κ1) is 22.5. The lowest BCUT2D eigenvalue weighted by molar-refractivity contribution is -0.384. The molecule has 0 aliphatic heterocycles. The number of non-ortho nitro benzene ring substituents is 1. The van der Waals surface area contributed by atoms with Gasteiger partial charge in [0, 0.05) is 28.4 Å². The number of amides is 1. The first-order chi connectivity index (χ1) is 15.4. The molecular formula is C23H15ClFN3O4. The molecule has 0 saturated carbocycles. The van der Waals surface area contributed by atoms with E-state index in [9.17, 15) is 24.6 Å². The lowest BCUT2D eigenvalue weighted by Gasteiger charge is -2.11. The number of hydrogen-bond donors (Lipinski definition) is 1. The van der Waals surface area contributed by atoms with Gasteiger partial charge in [0.05, 0.1) is 4.92 Å². The van der Waals surface area contributed by atoms with E-state index in [1.165, 1.54) is 48.5 Å². The average Bonchev–Trinajstić information content (AvgIpc) is 2.78. The molecule has 0 bridgehead atoms. The van der Waals surface area contributed by atoms with Crippen LogP contribution < -0.4 is 10.1 Å². The Morgan fingerprint density at radius 2 is 1.94 bits per heavy atom. The van der Waals surface area contributed by atoms with E-state index in [0.29, 0.717) is 27.6 Å². The van der Waals surface area contributed by atoms with Gasteiger partial charge in [-0.1, -0.05) is 23.7 Å². The number of nitriles is 1. The largest absolute Gasteiger partial charge is 0.488 e. The van der Waals surface area contributed by atoms with Crippen molar-refractivity contribution < 1.29 is 18.8 Å². The van der Waals surface area contributed by atoms with Gasteiger partial charge in [-0.05, 0) is 54.1 Å². The predicted octanol–water partition coefficient (Wildman–Crippen LogP) is 5.51. The number of hydrogen-bond acceptors (Lipinski definition) is 5. The molecule has 32 heavy (non-hydrogen) atoms. The van der Waals surface area contributed by atoms with Crippen LogP contribution in [-0.4, -0.2) is 10.8 Å². The van der Waals surface area contributed by atoms with Gasteiger partial charge >= 0.3 is 0 Å². The Morgan fingerprint density at radius 3 is 2.62 bits per heavy atom. The highest BCUT2D eigenvalue weighted by Crippen LogP contribution is 2.27. The summed E-state index contributed by atoms with van der Waals surface area (Å²) in [5.74, 6) is -0.824. The summed E-state index contributed by atoms with van der Waals surface area (Å²) in [4.78, 5) is 22.9. The number of benzene rings is 3. The molecule has 0 fully saturated rings. The maximum absolute atomic E-state index is 13.0. The predicted molar refractivity (Wildman–Crippen MR) is 118 cm³/mol. The van der Waals surface area contributed by atoms with Crippen molar-refractivity contribution in [3.05, 3.63) is 104 Å². The fourth-order valence-electron chi connectivity index (χ4n) is 2.72. The number of anilines is 1. The van der Waals surface area contributed by atoms with Crippen molar-refractivity contribution in [2.24, 2.45) is 0 Å². The minimum atomic E-state index is -0.691. The fourth-order valence-corrected chi connectivity index (χ4v) is 2.90. The number of carbonyl (C=O) groups excluding carboxylic acids is 1. The molecule has 0 aromatic heterocycles. The van der Waals surface area contributed by atoms with Gasteiger partial charge in [0.15, 0.2) is 0 Å². The van der Waals surface area contributed by atoms with Gasteiger partial charge in [0.2, 0.25) is 0 Å². The highest BCUT2D eigenvalue weighted by atomic mass is 35.5. The number of halogens is 2. The third kappa shape index (κ3) is 5.90.